The van der Waals surface area contributed by atoms with Gasteiger partial charge in [-0.15, -0.1) is 0 Å². The maximum absolute atomic E-state index is 11.9. The van der Waals surface area contributed by atoms with Gasteiger partial charge in [0.2, 0.25) is 0 Å². The van der Waals surface area contributed by atoms with E-state index in [0.29, 0.717) is 25.4 Å². The normalized spacial score (nSPS) is 10.2. The average molecular weight is 342 g/mol. The van der Waals surface area contributed by atoms with E-state index in [1.54, 1.807) is 7.11 Å². The molecule has 2 aromatic rings. The van der Waals surface area contributed by atoms with E-state index >= 15 is 0 Å². The molecule has 0 saturated heterocycles. The second-order valence-corrected chi connectivity index (χ2v) is 5.77. The topological polar surface area (TPSA) is 59.6 Å². The Hall–Kier alpha value is -2.69. The van der Waals surface area contributed by atoms with Crippen molar-refractivity contribution in [2.75, 3.05) is 20.3 Å². The number of carbonyl (C=O) groups is 1. The lowest BCUT2D eigenvalue weighted by atomic mass is 10.1. The van der Waals surface area contributed by atoms with E-state index in [2.05, 4.69) is 16.7 Å². The maximum Gasteiger partial charge on any atom is 0.315 e. The van der Waals surface area contributed by atoms with Crippen LogP contribution in [0.3, 0.4) is 0 Å². The van der Waals surface area contributed by atoms with Crippen LogP contribution in [0.4, 0.5) is 4.79 Å². The van der Waals surface area contributed by atoms with Gasteiger partial charge in [-0.2, -0.15) is 0 Å². The smallest absolute Gasteiger partial charge is 0.315 e. The molecule has 2 aromatic carbocycles. The van der Waals surface area contributed by atoms with Gasteiger partial charge in [-0.25, -0.2) is 4.79 Å². The van der Waals surface area contributed by atoms with Crippen LogP contribution >= 0.6 is 0 Å². The van der Waals surface area contributed by atoms with Crippen LogP contribution in [0.1, 0.15) is 23.6 Å². The number of carbonyl (C=O) groups excluding carboxylic acids is 1. The van der Waals surface area contributed by atoms with Crippen molar-refractivity contribution < 1.29 is 14.3 Å². The molecule has 0 aromatic heterocycles. The third-order valence-electron chi connectivity index (χ3n) is 3.76. The van der Waals surface area contributed by atoms with Crippen molar-refractivity contribution in [1.82, 2.24) is 10.6 Å². The lowest BCUT2D eigenvalue weighted by Gasteiger charge is -2.12. The molecule has 134 valence electrons. The van der Waals surface area contributed by atoms with Gasteiger partial charge in [0, 0.05) is 13.1 Å². The summed E-state index contributed by atoms with van der Waals surface area (Å²) in [5.41, 5.74) is 3.36. The van der Waals surface area contributed by atoms with E-state index in [1.165, 1.54) is 5.56 Å². The zero-order valence-electron chi connectivity index (χ0n) is 15.1. The van der Waals surface area contributed by atoms with Crippen molar-refractivity contribution in [1.29, 1.82) is 0 Å². The number of methoxy groups -OCH3 is 1. The van der Waals surface area contributed by atoms with Crippen LogP contribution in [0.2, 0.25) is 0 Å². The van der Waals surface area contributed by atoms with Gasteiger partial charge in [-0.1, -0.05) is 35.9 Å². The van der Waals surface area contributed by atoms with Gasteiger partial charge in [-0.05, 0) is 43.5 Å². The van der Waals surface area contributed by atoms with Gasteiger partial charge in [0.15, 0.2) is 11.5 Å². The Bertz CT molecular complexity index is 701. The fraction of sp³-hybridized carbons (Fsp3) is 0.350. The molecule has 5 heteroatoms. The summed E-state index contributed by atoms with van der Waals surface area (Å²) in [7, 11) is 1.62. The summed E-state index contributed by atoms with van der Waals surface area (Å²) >= 11 is 0. The number of aryl methyl sites for hydroxylation is 1. The Kier molecular flexibility index (Phi) is 7.14. The highest BCUT2D eigenvalue weighted by atomic mass is 16.5. The molecule has 0 heterocycles. The fourth-order valence-electron chi connectivity index (χ4n) is 2.53. The average Bonchev–Trinajstić information content (AvgIpc) is 2.61. The molecule has 2 rings (SSSR count). The number of hydrogen-bond acceptors (Lipinski definition) is 3. The molecule has 5 nitrogen and oxygen atoms in total. The SMILES string of the molecule is CCOc1ccc(CCNC(=O)NCc2cccc(C)c2)cc1OC. The summed E-state index contributed by atoms with van der Waals surface area (Å²) in [4.78, 5) is 11.9. The Morgan fingerprint density at radius 1 is 1.04 bits per heavy atom. The first kappa shape index (κ1) is 18.6. The van der Waals surface area contributed by atoms with Gasteiger partial charge in [0.25, 0.3) is 0 Å². The highest BCUT2D eigenvalue weighted by molar-refractivity contribution is 5.73. The molecule has 0 radical (unpaired) electrons. The van der Waals surface area contributed by atoms with E-state index in [-0.39, 0.29) is 6.03 Å². The van der Waals surface area contributed by atoms with E-state index in [0.717, 1.165) is 23.3 Å². The maximum atomic E-state index is 11.9. The predicted molar refractivity (Wildman–Crippen MR) is 99.3 cm³/mol. The zero-order chi connectivity index (χ0) is 18.1. The number of amides is 2. The van der Waals surface area contributed by atoms with Crippen LogP contribution in [0.25, 0.3) is 0 Å². The quantitative estimate of drug-likeness (QED) is 0.772. The summed E-state index contributed by atoms with van der Waals surface area (Å²) in [6.07, 6.45) is 0.723. The summed E-state index contributed by atoms with van der Waals surface area (Å²) in [5, 5.41) is 5.74. The predicted octanol–water partition coefficient (Wildman–Crippen LogP) is 3.44. The Morgan fingerprint density at radius 3 is 2.60 bits per heavy atom. The minimum Gasteiger partial charge on any atom is -0.493 e. The molecular weight excluding hydrogens is 316 g/mol. The first-order chi connectivity index (χ1) is 12.1. The summed E-state index contributed by atoms with van der Waals surface area (Å²) in [6, 6.07) is 13.7. The summed E-state index contributed by atoms with van der Waals surface area (Å²) < 4.78 is 10.8. The highest BCUT2D eigenvalue weighted by Gasteiger charge is 2.06. The molecule has 0 unspecified atom stereocenters. The Morgan fingerprint density at radius 2 is 1.88 bits per heavy atom. The summed E-state index contributed by atoms with van der Waals surface area (Å²) in [6.45, 7) is 5.64. The first-order valence-corrected chi connectivity index (χ1v) is 8.49. The number of benzene rings is 2. The second-order valence-electron chi connectivity index (χ2n) is 5.77. The lowest BCUT2D eigenvalue weighted by Crippen LogP contribution is -2.36. The monoisotopic (exact) mass is 342 g/mol. The third kappa shape index (κ3) is 6.03. The van der Waals surface area contributed by atoms with Gasteiger partial charge in [-0.3, -0.25) is 0 Å². The largest absolute Gasteiger partial charge is 0.493 e. The Labute approximate surface area is 149 Å². The van der Waals surface area contributed by atoms with Crippen LogP contribution in [0.5, 0.6) is 11.5 Å². The van der Waals surface area contributed by atoms with Crippen molar-refractivity contribution in [3.63, 3.8) is 0 Å². The third-order valence-corrected chi connectivity index (χ3v) is 3.76. The van der Waals surface area contributed by atoms with Crippen LogP contribution in [0.15, 0.2) is 42.5 Å². The minimum atomic E-state index is -0.167. The van der Waals surface area contributed by atoms with Crippen molar-refractivity contribution >= 4 is 6.03 Å². The number of hydrogen-bond donors (Lipinski definition) is 2. The molecule has 0 fully saturated rings. The zero-order valence-corrected chi connectivity index (χ0v) is 15.1. The molecule has 0 spiro atoms. The molecule has 0 atom stereocenters. The number of urea groups is 1. The number of rotatable bonds is 8. The molecule has 2 N–H and O–H groups in total. The van der Waals surface area contributed by atoms with Gasteiger partial charge in [0.1, 0.15) is 0 Å². The van der Waals surface area contributed by atoms with Crippen LogP contribution in [-0.4, -0.2) is 26.3 Å². The highest BCUT2D eigenvalue weighted by Crippen LogP contribution is 2.28. The van der Waals surface area contributed by atoms with Gasteiger partial charge < -0.3 is 20.1 Å². The van der Waals surface area contributed by atoms with E-state index in [4.69, 9.17) is 9.47 Å². The van der Waals surface area contributed by atoms with Gasteiger partial charge in [0.05, 0.1) is 13.7 Å². The molecular formula is C20H26N2O3. The number of ether oxygens (including phenoxy) is 2. The van der Waals surface area contributed by atoms with Gasteiger partial charge >= 0.3 is 6.03 Å². The Balaban J connectivity index is 1.77. The molecule has 0 bridgehead atoms. The molecule has 0 aliphatic carbocycles. The standard InChI is InChI=1S/C20H26N2O3/c1-4-25-18-9-8-16(13-19(18)24-3)10-11-21-20(23)22-14-17-7-5-6-15(2)12-17/h5-9,12-13H,4,10-11,14H2,1-3H3,(H2,21,22,23). The van der Waals surface area contributed by atoms with Crippen molar-refractivity contribution in [3.05, 3.63) is 59.2 Å². The van der Waals surface area contributed by atoms with E-state index in [1.807, 2.05) is 50.2 Å². The fourth-order valence-corrected chi connectivity index (χ4v) is 2.53. The second kappa shape index (κ2) is 9.57. The first-order valence-electron chi connectivity index (χ1n) is 8.49. The van der Waals surface area contributed by atoms with Crippen LogP contribution < -0.4 is 20.1 Å². The molecule has 0 aliphatic rings. The summed E-state index contributed by atoms with van der Waals surface area (Å²) in [5.74, 6) is 1.45. The van der Waals surface area contributed by atoms with Crippen LogP contribution in [-0.2, 0) is 13.0 Å². The van der Waals surface area contributed by atoms with Crippen molar-refractivity contribution in [3.8, 4) is 11.5 Å². The molecule has 0 aliphatic heterocycles. The molecule has 25 heavy (non-hydrogen) atoms. The lowest BCUT2D eigenvalue weighted by molar-refractivity contribution is 0.240. The minimum absolute atomic E-state index is 0.167. The molecule has 0 saturated carbocycles. The van der Waals surface area contributed by atoms with Crippen LogP contribution in [0, 0.1) is 6.92 Å². The van der Waals surface area contributed by atoms with Crippen molar-refractivity contribution in [2.45, 2.75) is 26.8 Å². The van der Waals surface area contributed by atoms with E-state index < -0.39 is 0 Å². The molecule has 2 amide bonds. The number of nitrogens with one attached hydrogen (secondary N) is 2. The van der Waals surface area contributed by atoms with E-state index in [9.17, 15) is 4.79 Å². The van der Waals surface area contributed by atoms with Crippen molar-refractivity contribution in [2.24, 2.45) is 0 Å².